The number of amides is 5. The second-order valence-electron chi connectivity index (χ2n) is 9.22. The minimum absolute atomic E-state index is 0.113. The van der Waals surface area contributed by atoms with Crippen molar-refractivity contribution in [3.63, 3.8) is 0 Å². The zero-order chi connectivity index (χ0) is 24.6. The minimum Gasteiger partial charge on any atom is -0.467 e. The first kappa shape index (κ1) is 24.6. The van der Waals surface area contributed by atoms with Gasteiger partial charge < -0.3 is 15.1 Å². The lowest BCUT2D eigenvalue weighted by Crippen LogP contribution is -2.56. The van der Waals surface area contributed by atoms with Crippen LogP contribution in [0.15, 0.2) is 47.1 Å². The van der Waals surface area contributed by atoms with E-state index in [2.05, 4.69) is 10.6 Å². The van der Waals surface area contributed by atoms with Gasteiger partial charge in [0.05, 0.1) is 19.4 Å². The molecule has 2 aliphatic carbocycles. The molecule has 9 heteroatoms. The maximum absolute atomic E-state index is 13.3. The van der Waals surface area contributed by atoms with Crippen LogP contribution in [-0.4, -0.2) is 58.1 Å². The molecule has 1 atom stereocenters. The molecule has 9 nitrogen and oxygen atoms in total. The number of hydrogen-bond acceptors (Lipinski definition) is 5. The van der Waals surface area contributed by atoms with Crippen molar-refractivity contribution in [3.05, 3.63) is 48.5 Å². The Morgan fingerprint density at radius 2 is 1.91 bits per heavy atom. The summed E-state index contributed by atoms with van der Waals surface area (Å²) in [7, 11) is 0. The molecule has 3 aliphatic rings. The van der Waals surface area contributed by atoms with E-state index in [0.717, 1.165) is 25.7 Å². The lowest BCUT2D eigenvalue weighted by molar-refractivity contribution is -0.428. The summed E-state index contributed by atoms with van der Waals surface area (Å²) < 4.78 is 6.61. The molecule has 0 bridgehead atoms. The highest BCUT2D eigenvalue weighted by Gasteiger charge is 2.46. The van der Waals surface area contributed by atoms with Crippen molar-refractivity contribution in [2.45, 2.75) is 64.0 Å². The zero-order valence-electron chi connectivity index (χ0n) is 19.9. The third-order valence-electron chi connectivity index (χ3n) is 6.65. The predicted molar refractivity (Wildman–Crippen MR) is 128 cm³/mol. The highest BCUT2D eigenvalue weighted by atomic mass is 16.3. The molecule has 0 aromatic carbocycles. The molecule has 4 rings (SSSR count). The van der Waals surface area contributed by atoms with E-state index in [0.29, 0.717) is 30.9 Å². The number of allylic oxidation sites excluding steroid dienone is 3. The Labute approximate surface area is 204 Å². The molecule has 0 spiro atoms. The van der Waals surface area contributed by atoms with Gasteiger partial charge in [0.2, 0.25) is 5.91 Å². The maximum atomic E-state index is 13.3. The van der Waals surface area contributed by atoms with E-state index >= 15 is 0 Å². The van der Waals surface area contributed by atoms with Crippen molar-refractivity contribution in [2.75, 3.05) is 13.1 Å². The van der Waals surface area contributed by atoms with Gasteiger partial charge in [0.1, 0.15) is 17.4 Å². The standard InChI is InChI=1S/C26H32N4O5/c31-23(27-17-20-11-8-16-35-20)14-6-7-15-29-25(33)21-12-4-5-13-22(21)30(26(29)34)18-24(32)28-19-9-2-1-3-10-19/h4-5,8,11-13,16,19,21H,1-3,6-7,9-10,14-15,17-18H2,(H-,27,28,31,32)/p+1. The number of furan rings is 1. The molecule has 1 aromatic heterocycles. The molecule has 35 heavy (non-hydrogen) atoms. The average molecular weight is 482 g/mol. The van der Waals surface area contributed by atoms with Gasteiger partial charge in [-0.3, -0.25) is 9.59 Å². The summed E-state index contributed by atoms with van der Waals surface area (Å²) in [4.78, 5) is 52.4. The van der Waals surface area contributed by atoms with Crippen LogP contribution in [0.2, 0.25) is 0 Å². The molecule has 2 heterocycles. The van der Waals surface area contributed by atoms with Crippen LogP contribution >= 0.6 is 0 Å². The normalized spacial score (nSPS) is 20.2. The number of nitrogens with one attached hydrogen (secondary N) is 2. The fraction of sp³-hybridized carbons (Fsp3) is 0.500. The van der Waals surface area contributed by atoms with Crippen LogP contribution in [0, 0.1) is 5.92 Å². The van der Waals surface area contributed by atoms with Crippen molar-refractivity contribution >= 4 is 29.5 Å². The number of urea groups is 1. The number of rotatable bonds is 10. The SMILES string of the molecule is O=C(CCCCN1C(=O)C2C=CC=CC2=[N+](CC(=O)NC2CCCCC2)C1=O)NCc1ccco1. The third-order valence-corrected chi connectivity index (χ3v) is 6.65. The molecule has 186 valence electrons. The number of fused-ring (bicyclic) bond motifs is 1. The average Bonchev–Trinajstić information content (AvgIpc) is 3.39. The molecule has 0 saturated heterocycles. The number of imide groups is 1. The first-order valence-electron chi connectivity index (χ1n) is 12.5. The topological polar surface area (TPSA) is 112 Å². The Hall–Kier alpha value is -3.49. The monoisotopic (exact) mass is 481 g/mol. The Morgan fingerprint density at radius 3 is 2.69 bits per heavy atom. The highest BCUT2D eigenvalue weighted by Crippen LogP contribution is 2.21. The fourth-order valence-corrected chi connectivity index (χ4v) is 4.79. The Morgan fingerprint density at radius 1 is 1.09 bits per heavy atom. The van der Waals surface area contributed by atoms with Gasteiger partial charge in [0, 0.05) is 12.5 Å². The van der Waals surface area contributed by atoms with Gasteiger partial charge in [0.15, 0.2) is 6.54 Å². The lowest BCUT2D eigenvalue weighted by atomic mass is 9.94. The van der Waals surface area contributed by atoms with Crippen LogP contribution < -0.4 is 10.6 Å². The Bertz CT molecular complexity index is 1030. The Balaban J connectivity index is 1.32. The van der Waals surface area contributed by atoms with E-state index in [1.54, 1.807) is 42.7 Å². The second-order valence-corrected chi connectivity index (χ2v) is 9.22. The molecule has 1 aromatic rings. The van der Waals surface area contributed by atoms with E-state index in [1.165, 1.54) is 15.9 Å². The zero-order valence-corrected chi connectivity index (χ0v) is 19.9. The molecule has 5 amide bonds. The number of hydrogen-bond donors (Lipinski definition) is 2. The van der Waals surface area contributed by atoms with E-state index in [4.69, 9.17) is 4.42 Å². The van der Waals surface area contributed by atoms with Gasteiger partial charge in [0.25, 0.3) is 5.91 Å². The fourth-order valence-electron chi connectivity index (χ4n) is 4.79. The molecule has 0 radical (unpaired) electrons. The van der Waals surface area contributed by atoms with Gasteiger partial charge in [-0.2, -0.15) is 14.3 Å². The van der Waals surface area contributed by atoms with Gasteiger partial charge >= 0.3 is 11.9 Å². The van der Waals surface area contributed by atoms with Crippen LogP contribution in [-0.2, 0) is 20.9 Å². The summed E-state index contributed by atoms with van der Waals surface area (Å²) in [5, 5.41) is 5.84. The number of unbranched alkanes of at least 4 members (excludes halogenated alkanes) is 1. The molecular weight excluding hydrogens is 448 g/mol. The molecular formula is C26H33N4O5+. The first-order valence-corrected chi connectivity index (χ1v) is 12.5. The van der Waals surface area contributed by atoms with Gasteiger partial charge in [-0.1, -0.05) is 37.5 Å². The molecule has 1 saturated carbocycles. The quantitative estimate of drug-likeness (QED) is 0.394. The van der Waals surface area contributed by atoms with Gasteiger partial charge in [-0.05, 0) is 43.9 Å². The molecule has 2 N–H and O–H groups in total. The highest BCUT2D eigenvalue weighted by molar-refractivity contribution is 6.16. The summed E-state index contributed by atoms with van der Waals surface area (Å²) >= 11 is 0. The van der Waals surface area contributed by atoms with Crippen LogP contribution in [0.5, 0.6) is 0 Å². The maximum Gasteiger partial charge on any atom is 0.501 e. The lowest BCUT2D eigenvalue weighted by Gasteiger charge is -2.27. The van der Waals surface area contributed by atoms with Crippen molar-refractivity contribution in [1.82, 2.24) is 15.5 Å². The van der Waals surface area contributed by atoms with Crippen LogP contribution in [0.3, 0.4) is 0 Å². The van der Waals surface area contributed by atoms with Crippen molar-refractivity contribution in [1.29, 1.82) is 0 Å². The number of carbonyl (C=O) groups is 4. The van der Waals surface area contributed by atoms with Crippen molar-refractivity contribution in [3.8, 4) is 0 Å². The predicted octanol–water partition coefficient (Wildman–Crippen LogP) is 2.67. The van der Waals surface area contributed by atoms with Crippen molar-refractivity contribution < 1.29 is 28.2 Å². The van der Waals surface area contributed by atoms with Gasteiger partial charge in [-0.15, -0.1) is 0 Å². The summed E-state index contributed by atoms with van der Waals surface area (Å²) in [6.07, 6.45) is 15.2. The largest absolute Gasteiger partial charge is 0.501 e. The van der Waals surface area contributed by atoms with E-state index in [-0.39, 0.29) is 43.3 Å². The Kier molecular flexibility index (Phi) is 8.28. The van der Waals surface area contributed by atoms with Crippen molar-refractivity contribution in [2.24, 2.45) is 5.92 Å². The van der Waals surface area contributed by atoms with E-state index in [1.807, 2.05) is 0 Å². The van der Waals surface area contributed by atoms with Crippen LogP contribution in [0.25, 0.3) is 0 Å². The smallest absolute Gasteiger partial charge is 0.467 e. The van der Waals surface area contributed by atoms with E-state index < -0.39 is 11.9 Å². The number of nitrogens with zero attached hydrogens (tertiary/aromatic N) is 2. The molecule has 1 unspecified atom stereocenters. The summed E-state index contributed by atoms with van der Waals surface area (Å²) in [6.45, 7) is 0.413. The van der Waals surface area contributed by atoms with Gasteiger partial charge in [-0.25, -0.2) is 4.79 Å². The van der Waals surface area contributed by atoms with Crippen LogP contribution in [0.4, 0.5) is 4.79 Å². The number of carbonyl (C=O) groups excluding carboxylic acids is 4. The third kappa shape index (κ3) is 6.35. The van der Waals surface area contributed by atoms with Crippen LogP contribution in [0.1, 0.15) is 57.1 Å². The van der Waals surface area contributed by atoms with E-state index in [9.17, 15) is 19.2 Å². The summed E-state index contributed by atoms with van der Waals surface area (Å²) in [5.41, 5.74) is 0.537. The summed E-state index contributed by atoms with van der Waals surface area (Å²) in [5.74, 6) is -0.526. The second kappa shape index (κ2) is 11.8. The molecule has 1 aliphatic heterocycles. The summed E-state index contributed by atoms with van der Waals surface area (Å²) in [6, 6.07) is 3.21. The molecule has 1 fully saturated rings. The first-order chi connectivity index (χ1) is 17.0. The minimum atomic E-state index is -0.586.